The molecule has 10 aliphatic heterocycles. The van der Waals surface area contributed by atoms with Gasteiger partial charge in [-0.05, 0) is 191 Å². The summed E-state index contributed by atoms with van der Waals surface area (Å²) < 4.78 is 80.0. The van der Waals surface area contributed by atoms with E-state index >= 15 is 0 Å². The lowest BCUT2D eigenvalue weighted by Crippen LogP contribution is -2.63. The van der Waals surface area contributed by atoms with Crippen LogP contribution in [0.4, 0.5) is 0 Å². The number of rotatable bonds is 26. The number of amides is 1. The molecule has 0 radical (unpaired) electrons. The summed E-state index contributed by atoms with van der Waals surface area (Å²) in [7, 11) is 3.54. The second-order valence-electron chi connectivity index (χ2n) is 37.9. The molecule has 10 aliphatic rings. The fourth-order valence-corrected chi connectivity index (χ4v) is 21.9. The van der Waals surface area contributed by atoms with Gasteiger partial charge in [0.1, 0.15) is 11.6 Å². The Bertz CT molecular complexity index is 3350. The molecule has 8 fully saturated rings. The highest BCUT2D eigenvalue weighted by Crippen LogP contribution is 2.58. The van der Waals surface area contributed by atoms with Gasteiger partial charge in [0, 0.05) is 88.1 Å². The van der Waals surface area contributed by atoms with Gasteiger partial charge in [-0.25, -0.2) is 0 Å². The van der Waals surface area contributed by atoms with Gasteiger partial charge >= 0.3 is 17.9 Å². The molecule has 36 atom stereocenters. The standard InChI is InChI=1S/C46H77NO11.C44H72O12/c1-14-33(42(51)47(12)13)35-18-17-26(4)40(55-35)30(8)38(49)29(7)39(50)34(15-2)41-27(5)25-28(6)45(56-41)22-20-37(54-32(10)48)46(58-45)24-23-43(11,57-46)36-19-21-44(52,16-3)31(9)53-36;1-12-31(40(48)49)33-16-15-24(4)38(53-33)28(8)36(46)27(7)37(47)32(13-2)39-25(5)23-26(6)43(54-39)20-18-35(52-30(10)45)44(56-43)22-21-41(11,55-44)34-17-19-42(50,14-3)29(9)51-34/h20,22,26-31,33-38,40-41,49,52H,14-19,21,23-25H2,1-13H3;18,20,24-29,31-36,38-39,46,50H,12-17,19,21-23H2,1-11H3,(H,48,49)/t26-,27-,28+,29-,30-,31-,33+,34-,35+,36+,37+,38+,40+,41-,43-,44+,45-,46-;24-,25-,26+,27-,28-,29-,31+,32-,33+,34+,35+,36+,38+,39-,41-,42+,43-,44-/m00/s1. The van der Waals surface area contributed by atoms with Crippen LogP contribution >= 0.6 is 0 Å². The zero-order valence-electron chi connectivity index (χ0n) is 73.6. The molecule has 5 N–H and O–H groups in total. The number of ketones is 2. The van der Waals surface area contributed by atoms with Crippen molar-refractivity contribution >= 4 is 35.4 Å². The van der Waals surface area contributed by atoms with Gasteiger partial charge in [-0.15, -0.1) is 0 Å². The minimum Gasteiger partial charge on any atom is -0.481 e. The van der Waals surface area contributed by atoms with Crippen LogP contribution in [0.2, 0.25) is 0 Å². The zero-order valence-corrected chi connectivity index (χ0v) is 73.6. The summed E-state index contributed by atoms with van der Waals surface area (Å²) in [6.07, 6.45) is 11.9. The maximum absolute atomic E-state index is 14.6. The number of carboxylic acids is 1. The summed E-state index contributed by atoms with van der Waals surface area (Å²) in [5, 5.41) is 55.7. The summed E-state index contributed by atoms with van der Waals surface area (Å²) in [6, 6.07) is 0. The lowest BCUT2D eigenvalue weighted by Gasteiger charge is -2.54. The van der Waals surface area contributed by atoms with Crippen molar-refractivity contribution in [1.29, 1.82) is 0 Å². The number of Topliss-reactive ketones (excluding diaryl/α,β-unsaturated/α-hetero) is 2. The van der Waals surface area contributed by atoms with Gasteiger partial charge in [0.2, 0.25) is 17.5 Å². The smallest absolute Gasteiger partial charge is 0.309 e. The molecule has 0 aliphatic carbocycles. The summed E-state index contributed by atoms with van der Waals surface area (Å²) >= 11 is 0. The summed E-state index contributed by atoms with van der Waals surface area (Å²) in [4.78, 5) is 80.7. The number of carbonyl (C=O) groups is 6. The average Bonchev–Trinajstić information content (AvgIpc) is 1.44. The molecule has 8 saturated heterocycles. The van der Waals surface area contributed by atoms with Crippen molar-refractivity contribution in [3.05, 3.63) is 24.3 Å². The molecule has 0 bridgehead atoms. The van der Waals surface area contributed by atoms with Crippen molar-refractivity contribution in [3.8, 4) is 0 Å². The van der Waals surface area contributed by atoms with Crippen LogP contribution in [0.5, 0.6) is 0 Å². The minimum atomic E-state index is -1.38. The Hall–Kier alpha value is -3.86. The first-order valence-corrected chi connectivity index (χ1v) is 44.1. The highest BCUT2D eigenvalue weighted by Gasteiger charge is 2.67. The van der Waals surface area contributed by atoms with E-state index in [2.05, 4.69) is 41.5 Å². The highest BCUT2D eigenvalue weighted by molar-refractivity contribution is 5.85. The van der Waals surface area contributed by atoms with E-state index in [1.807, 2.05) is 114 Å². The Morgan fingerprint density at radius 3 is 1.15 bits per heavy atom. The SMILES string of the molecule is CC[C@@H](C(=O)[C@@H](C)[C@@H](O)[C@H](C)[C@@H]1O[C@@H]([C@@H](CC)C(=O)N(C)C)CC[C@@H]1C)[C@H]1O[C@]2(C=C[C@@H](OC(C)=O)[C@]3(CC[C@@](C)([C@H]4CC[C@](O)(CC)[C@H](C)O4)O3)O2)[C@H](C)C[C@@H]1C.CC[C@@H](C(=O)[C@@H](C)[C@@H](O)[C@H](C)[C@@H]1O[C@@H]([C@@H](CC)C(=O)O)CC[C@@H]1C)[C@H]1O[C@]2(C=C[C@@H](OC(C)=O)[C@]3(CC[C@@](C)([C@H]4CC[C@](O)(CC)[C@H](C)O4)O3)O2)[C@H](C)C[C@@H]1C. The summed E-state index contributed by atoms with van der Waals surface area (Å²) in [5.41, 5.74) is -3.39. The first kappa shape index (κ1) is 94.0. The number of hydrogen-bond donors (Lipinski definition) is 5. The van der Waals surface area contributed by atoms with Crippen LogP contribution in [0, 0.1) is 82.9 Å². The molecule has 24 nitrogen and oxygen atoms in total. The molecule has 10 rings (SSSR count). The highest BCUT2D eigenvalue weighted by atomic mass is 16.8. The Labute approximate surface area is 681 Å². The normalized spacial score (nSPS) is 43.6. The van der Waals surface area contributed by atoms with E-state index in [9.17, 15) is 54.3 Å². The summed E-state index contributed by atoms with van der Waals surface area (Å²) in [6.45, 7) is 42.2. The van der Waals surface area contributed by atoms with E-state index in [1.54, 1.807) is 25.9 Å². The van der Waals surface area contributed by atoms with E-state index in [0.717, 1.165) is 19.3 Å². The fraction of sp³-hybridized carbons (Fsp3) is 0.889. The van der Waals surface area contributed by atoms with Crippen LogP contribution in [0.1, 0.15) is 281 Å². The van der Waals surface area contributed by atoms with Crippen LogP contribution < -0.4 is 0 Å². The van der Waals surface area contributed by atoms with Crippen LogP contribution in [0.25, 0.3) is 0 Å². The van der Waals surface area contributed by atoms with Gasteiger partial charge in [0.15, 0.2) is 23.8 Å². The van der Waals surface area contributed by atoms with Gasteiger partial charge in [-0.1, -0.05) is 111 Å². The fourth-order valence-electron chi connectivity index (χ4n) is 21.9. The number of aliphatic hydroxyl groups is 4. The average molecular weight is 1610 g/mol. The van der Waals surface area contributed by atoms with Crippen molar-refractivity contribution in [1.82, 2.24) is 4.90 Å². The maximum Gasteiger partial charge on any atom is 0.309 e. The monoisotopic (exact) mass is 1610 g/mol. The van der Waals surface area contributed by atoms with Crippen LogP contribution in [-0.2, 0) is 85.6 Å². The molecule has 10 heterocycles. The van der Waals surface area contributed by atoms with Crippen molar-refractivity contribution in [2.24, 2.45) is 82.9 Å². The van der Waals surface area contributed by atoms with Crippen LogP contribution in [0.3, 0.4) is 0 Å². The lowest BCUT2D eigenvalue weighted by atomic mass is 9.72. The quantitative estimate of drug-likeness (QED) is 0.0397. The molecule has 0 aromatic carbocycles. The Kier molecular flexibility index (Phi) is 30.7. The number of aliphatic carboxylic acids is 1. The van der Waals surface area contributed by atoms with Crippen LogP contribution in [-0.4, -0.2) is 211 Å². The van der Waals surface area contributed by atoms with Crippen molar-refractivity contribution in [2.45, 2.75) is 412 Å². The molecule has 114 heavy (non-hydrogen) atoms. The predicted molar refractivity (Wildman–Crippen MR) is 427 cm³/mol. The first-order valence-electron chi connectivity index (χ1n) is 44.1. The number of carboxylic acid groups (broad SMARTS) is 1. The summed E-state index contributed by atoms with van der Waals surface area (Å²) in [5.74, 6) is -11.4. The molecule has 0 aromatic rings. The molecule has 4 spiro atoms. The first-order chi connectivity index (χ1) is 53.3. The molecule has 1 amide bonds. The molecule has 652 valence electrons. The van der Waals surface area contributed by atoms with Gasteiger partial charge in [-0.3, -0.25) is 28.8 Å². The number of carbonyl (C=O) groups excluding carboxylic acids is 5. The van der Waals surface area contributed by atoms with Gasteiger partial charge < -0.3 is 87.3 Å². The van der Waals surface area contributed by atoms with Gasteiger partial charge in [-0.2, -0.15) is 0 Å². The van der Waals surface area contributed by atoms with Crippen LogP contribution in [0.15, 0.2) is 24.3 Å². The minimum absolute atomic E-state index is 0.00214. The lowest BCUT2D eigenvalue weighted by molar-refractivity contribution is -0.409. The molecule has 24 heteroatoms. The van der Waals surface area contributed by atoms with E-state index in [-0.39, 0.29) is 108 Å². The van der Waals surface area contributed by atoms with Gasteiger partial charge in [0.05, 0.1) is 107 Å². The Morgan fingerprint density at radius 1 is 0.474 bits per heavy atom. The molecular weight excluding hydrogens is 1460 g/mol. The number of esters is 2. The Balaban J connectivity index is 0.000000261. The molecular formula is C90H149NO23. The molecule has 0 aromatic heterocycles. The Morgan fingerprint density at radius 2 is 0.833 bits per heavy atom. The third-order valence-corrected chi connectivity index (χ3v) is 29.9. The largest absolute Gasteiger partial charge is 0.481 e. The molecule has 0 unspecified atom stereocenters. The van der Waals surface area contributed by atoms with Crippen molar-refractivity contribution < 1.29 is 111 Å². The number of nitrogens with zero attached hydrogens (tertiary/aromatic N) is 1. The van der Waals surface area contributed by atoms with Gasteiger partial charge in [0.25, 0.3) is 0 Å². The number of hydrogen-bond acceptors (Lipinski definition) is 22. The second kappa shape index (κ2) is 37.2. The van der Waals surface area contributed by atoms with E-state index in [4.69, 9.17) is 56.8 Å². The number of aliphatic hydroxyl groups excluding tert-OH is 2. The third-order valence-electron chi connectivity index (χ3n) is 29.9. The van der Waals surface area contributed by atoms with Crippen molar-refractivity contribution in [2.75, 3.05) is 14.1 Å². The van der Waals surface area contributed by atoms with E-state index in [1.165, 1.54) is 13.8 Å². The second-order valence-corrected chi connectivity index (χ2v) is 37.9. The van der Waals surface area contributed by atoms with E-state index in [0.29, 0.717) is 109 Å². The third kappa shape index (κ3) is 18.9. The number of ether oxygens (including phenoxy) is 12. The molecule has 0 saturated carbocycles. The maximum atomic E-state index is 14.6. The predicted octanol–water partition coefficient (Wildman–Crippen LogP) is 13.5. The topological polar surface area (TPSA) is 318 Å². The van der Waals surface area contributed by atoms with E-state index < -0.39 is 142 Å². The zero-order chi connectivity index (χ0) is 84.7. The van der Waals surface area contributed by atoms with Crippen molar-refractivity contribution in [3.63, 3.8) is 0 Å².